The number of hydrogen-bond acceptors (Lipinski definition) is 4. The van der Waals surface area contributed by atoms with E-state index in [0.717, 1.165) is 16.7 Å². The number of fused-ring (bicyclic) bond motifs is 1. The van der Waals surface area contributed by atoms with E-state index >= 15 is 0 Å². The van der Waals surface area contributed by atoms with Crippen molar-refractivity contribution in [2.24, 2.45) is 0 Å². The molecule has 0 saturated heterocycles. The van der Waals surface area contributed by atoms with Gasteiger partial charge in [-0.3, -0.25) is 0 Å². The predicted molar refractivity (Wildman–Crippen MR) is 113 cm³/mol. The number of aryl methyl sites for hydroxylation is 1. The summed E-state index contributed by atoms with van der Waals surface area (Å²) in [7, 11) is 0. The zero-order valence-corrected chi connectivity index (χ0v) is 16.7. The molecule has 2 heterocycles. The molecule has 5 nitrogen and oxygen atoms in total. The zero-order valence-electron chi connectivity index (χ0n) is 16.0. The molecule has 2 aromatic heterocycles. The van der Waals surface area contributed by atoms with Gasteiger partial charge in [-0.1, -0.05) is 29.8 Å². The number of nitrogens with zero attached hydrogens (tertiary/aromatic N) is 3. The molecule has 0 aliphatic heterocycles. The number of anilines is 1. The molecule has 1 aliphatic rings. The number of benzene rings is 1. The lowest BCUT2D eigenvalue weighted by atomic mass is 10.2. The Kier molecular flexibility index (Phi) is 6.09. The highest BCUT2D eigenvalue weighted by Crippen LogP contribution is 2.26. The second-order valence-corrected chi connectivity index (χ2v) is 7.12. The fraction of sp³-hybridized carbons (Fsp3) is 0.182. The van der Waals surface area contributed by atoms with Gasteiger partial charge in [-0.25, -0.2) is 18.7 Å². The fourth-order valence-corrected chi connectivity index (χ4v) is 3.36. The second-order valence-electron chi connectivity index (χ2n) is 6.66. The topological polar surface area (TPSA) is 52.0 Å². The maximum atomic E-state index is 13.3. The largest absolute Gasteiger partial charge is 0.488 e. The third-order valence-electron chi connectivity index (χ3n) is 4.60. The summed E-state index contributed by atoms with van der Waals surface area (Å²) >= 11 is 6.38. The van der Waals surface area contributed by atoms with Crippen LogP contribution in [0.15, 0.2) is 77.6 Å². The third-order valence-corrected chi connectivity index (χ3v) is 4.95. The van der Waals surface area contributed by atoms with Gasteiger partial charge in [0.2, 0.25) is 0 Å². The Morgan fingerprint density at radius 3 is 2.93 bits per heavy atom. The van der Waals surface area contributed by atoms with Crippen molar-refractivity contribution in [2.45, 2.75) is 19.6 Å². The van der Waals surface area contributed by atoms with Gasteiger partial charge in [-0.15, -0.1) is 0 Å². The summed E-state index contributed by atoms with van der Waals surface area (Å²) < 4.78 is 33.8. The van der Waals surface area contributed by atoms with Crippen LogP contribution in [0, 0.1) is 5.82 Å². The van der Waals surface area contributed by atoms with Crippen LogP contribution in [0.3, 0.4) is 0 Å². The van der Waals surface area contributed by atoms with Crippen LogP contribution >= 0.6 is 11.6 Å². The number of aromatic nitrogens is 3. The van der Waals surface area contributed by atoms with Gasteiger partial charge in [-0.2, -0.15) is 0 Å². The van der Waals surface area contributed by atoms with Crippen molar-refractivity contribution in [3.05, 3.63) is 89.0 Å². The lowest BCUT2D eigenvalue weighted by molar-refractivity contribution is 0.209. The van der Waals surface area contributed by atoms with Crippen molar-refractivity contribution >= 4 is 28.5 Å². The Hall–Kier alpha value is -3.19. The van der Waals surface area contributed by atoms with Gasteiger partial charge in [0.15, 0.2) is 5.82 Å². The summed E-state index contributed by atoms with van der Waals surface area (Å²) in [6.07, 6.45) is 9.20. The number of allylic oxidation sites excluding steroid dienone is 4. The van der Waals surface area contributed by atoms with Crippen molar-refractivity contribution in [3.63, 3.8) is 0 Å². The molecule has 3 aromatic rings. The quantitative estimate of drug-likeness (QED) is 0.542. The summed E-state index contributed by atoms with van der Waals surface area (Å²) in [5.41, 5.74) is 2.95. The molecular formula is C22H19ClF2N4O. The van der Waals surface area contributed by atoms with Crippen LogP contribution in [0.2, 0.25) is 0 Å². The maximum Gasteiger partial charge on any atom is 0.158 e. The predicted octanol–water partition coefficient (Wildman–Crippen LogP) is 5.46. The number of nitrogens with one attached hydrogen (secondary N) is 1. The lowest BCUT2D eigenvalue weighted by Gasteiger charge is -2.10. The van der Waals surface area contributed by atoms with E-state index in [-0.39, 0.29) is 19.0 Å². The Morgan fingerprint density at radius 2 is 2.10 bits per heavy atom. The standard InChI is InChI=1S/C22H19ClF2N4O/c23-18-6-4-17(5-7-20(18)30-13-15-2-1-3-16(25)12-15)28-22-21-19(26-14-27-22)8-10-29(21)11-9-24/h1-5,7-8,10,12,14H,6,9,11,13H2,(H,26,27,28). The van der Waals surface area contributed by atoms with E-state index in [4.69, 9.17) is 16.3 Å². The molecule has 4 rings (SSSR count). The maximum absolute atomic E-state index is 13.3. The highest BCUT2D eigenvalue weighted by molar-refractivity contribution is 6.30. The monoisotopic (exact) mass is 428 g/mol. The summed E-state index contributed by atoms with van der Waals surface area (Å²) in [6, 6.07) is 8.06. The molecule has 1 N–H and O–H groups in total. The van der Waals surface area contributed by atoms with E-state index < -0.39 is 6.67 Å². The van der Waals surface area contributed by atoms with Crippen molar-refractivity contribution in [1.29, 1.82) is 0 Å². The van der Waals surface area contributed by atoms with E-state index in [9.17, 15) is 8.78 Å². The van der Waals surface area contributed by atoms with Crippen molar-refractivity contribution < 1.29 is 13.5 Å². The molecule has 8 heteroatoms. The summed E-state index contributed by atoms with van der Waals surface area (Å²) in [4.78, 5) is 8.55. The number of hydrogen-bond donors (Lipinski definition) is 1. The molecule has 1 aliphatic carbocycles. The summed E-state index contributed by atoms with van der Waals surface area (Å²) in [6.45, 7) is -0.0438. The molecular weight excluding hydrogens is 410 g/mol. The molecule has 0 saturated carbocycles. The molecule has 30 heavy (non-hydrogen) atoms. The van der Waals surface area contributed by atoms with Crippen LogP contribution in [0.4, 0.5) is 14.6 Å². The number of alkyl halides is 1. The minimum atomic E-state index is -0.480. The molecule has 154 valence electrons. The van der Waals surface area contributed by atoms with Gasteiger partial charge in [0, 0.05) is 18.3 Å². The average Bonchev–Trinajstić information content (AvgIpc) is 3.07. The van der Waals surface area contributed by atoms with Gasteiger partial charge < -0.3 is 14.6 Å². The van der Waals surface area contributed by atoms with Crippen LogP contribution in [0.25, 0.3) is 11.0 Å². The smallest absolute Gasteiger partial charge is 0.158 e. The zero-order chi connectivity index (χ0) is 20.9. The van der Waals surface area contributed by atoms with Crippen molar-refractivity contribution in [3.8, 4) is 0 Å². The van der Waals surface area contributed by atoms with Crippen LogP contribution in [-0.2, 0) is 17.9 Å². The summed E-state index contributed by atoms with van der Waals surface area (Å²) in [5.74, 6) is 0.784. The van der Waals surface area contributed by atoms with Gasteiger partial charge in [0.1, 0.15) is 36.7 Å². The molecule has 0 bridgehead atoms. The Labute approximate surface area is 177 Å². The molecule has 1 aromatic carbocycles. The molecule has 0 atom stereocenters. The Balaban J connectivity index is 1.49. The number of halogens is 3. The van der Waals surface area contributed by atoms with E-state index in [1.807, 2.05) is 18.2 Å². The van der Waals surface area contributed by atoms with Gasteiger partial charge in [-0.05, 0) is 35.9 Å². The first-order valence-corrected chi connectivity index (χ1v) is 9.79. The van der Waals surface area contributed by atoms with Gasteiger partial charge in [0.25, 0.3) is 0 Å². The Morgan fingerprint density at radius 1 is 1.20 bits per heavy atom. The van der Waals surface area contributed by atoms with E-state index in [0.29, 0.717) is 28.6 Å². The molecule has 0 unspecified atom stereocenters. The first kappa shape index (κ1) is 20.1. The first-order valence-electron chi connectivity index (χ1n) is 9.41. The first-order chi connectivity index (χ1) is 14.6. The molecule has 0 fully saturated rings. The fourth-order valence-electron chi connectivity index (χ4n) is 3.17. The van der Waals surface area contributed by atoms with Crippen molar-refractivity contribution in [2.75, 3.05) is 12.0 Å². The molecule has 0 spiro atoms. The third kappa shape index (κ3) is 4.52. The van der Waals surface area contributed by atoms with Crippen LogP contribution in [0.5, 0.6) is 0 Å². The second kappa shape index (κ2) is 9.09. The average molecular weight is 429 g/mol. The van der Waals surface area contributed by atoms with Gasteiger partial charge >= 0.3 is 0 Å². The van der Waals surface area contributed by atoms with Gasteiger partial charge in [0.05, 0.1) is 17.1 Å². The SMILES string of the molecule is FCCn1ccc2ncnc(NC3=CCC(Cl)=C(OCc4cccc(F)c4)C=C3)c21. The Bertz CT molecular complexity index is 1150. The lowest BCUT2D eigenvalue weighted by Crippen LogP contribution is -2.05. The summed E-state index contributed by atoms with van der Waals surface area (Å²) in [5, 5.41) is 3.80. The number of rotatable bonds is 7. The minimum Gasteiger partial charge on any atom is -0.488 e. The van der Waals surface area contributed by atoms with E-state index in [1.165, 1.54) is 18.5 Å². The molecule has 0 radical (unpaired) electrons. The van der Waals surface area contributed by atoms with Crippen LogP contribution in [0.1, 0.15) is 12.0 Å². The minimum absolute atomic E-state index is 0.208. The van der Waals surface area contributed by atoms with Crippen molar-refractivity contribution in [1.82, 2.24) is 14.5 Å². The number of ether oxygens (including phenoxy) is 1. The highest BCUT2D eigenvalue weighted by atomic mass is 35.5. The normalized spacial score (nSPS) is 14.0. The van der Waals surface area contributed by atoms with Crippen LogP contribution < -0.4 is 5.32 Å². The molecule has 0 amide bonds. The van der Waals surface area contributed by atoms with E-state index in [1.54, 1.807) is 29.0 Å². The van der Waals surface area contributed by atoms with E-state index in [2.05, 4.69) is 15.3 Å². The highest BCUT2D eigenvalue weighted by Gasteiger charge is 2.12. The van der Waals surface area contributed by atoms with Crippen LogP contribution in [-0.4, -0.2) is 21.2 Å².